The quantitative estimate of drug-likeness (QED) is 0.680. The number of hydrogen-bond donors (Lipinski definition) is 2. The number of rotatable bonds is 4. The van der Waals surface area contributed by atoms with Crippen LogP contribution >= 0.6 is 0 Å². The molecule has 5 rings (SSSR count). The van der Waals surface area contributed by atoms with Crippen molar-refractivity contribution in [2.75, 3.05) is 29.9 Å². The molecule has 4 fully saturated rings. The van der Waals surface area contributed by atoms with E-state index in [0.717, 1.165) is 31.7 Å². The summed E-state index contributed by atoms with van der Waals surface area (Å²) in [5.41, 5.74) is -1.21. The number of benzene rings is 1. The van der Waals surface area contributed by atoms with E-state index in [2.05, 4.69) is 5.32 Å². The standard InChI is InChI=1S/C25H32F3N3O3/c26-25(27,28)20-14-17(29-22(33)16-2-3-16)4-9-21(20)30-12-1-10-24(15-30)11-13-31(23(24)34)18-5-7-19(32)8-6-18/h4,9,14,16,18-19,32H,1-3,5-8,10-13,15H2,(H,29,33). The summed E-state index contributed by atoms with van der Waals surface area (Å²) in [5, 5.41) is 12.4. The number of alkyl halides is 3. The molecule has 2 saturated heterocycles. The Hall–Kier alpha value is -2.29. The normalized spacial score (nSPS) is 30.2. The number of carbonyl (C=O) groups excluding carboxylic acids is 2. The summed E-state index contributed by atoms with van der Waals surface area (Å²) in [4.78, 5) is 29.2. The molecule has 1 spiro atoms. The van der Waals surface area contributed by atoms with E-state index in [-0.39, 0.29) is 47.8 Å². The van der Waals surface area contributed by atoms with Crippen molar-refractivity contribution in [3.63, 3.8) is 0 Å². The third kappa shape index (κ3) is 4.51. The highest BCUT2D eigenvalue weighted by atomic mass is 19.4. The minimum atomic E-state index is -4.57. The van der Waals surface area contributed by atoms with Gasteiger partial charge in [0.1, 0.15) is 0 Å². The third-order valence-electron chi connectivity index (χ3n) is 8.09. The molecule has 186 valence electrons. The Bertz CT molecular complexity index is 956. The Balaban J connectivity index is 1.36. The second-order valence-corrected chi connectivity index (χ2v) is 10.5. The van der Waals surface area contributed by atoms with Gasteiger partial charge in [-0.1, -0.05) is 0 Å². The van der Waals surface area contributed by atoms with Gasteiger partial charge in [0.25, 0.3) is 0 Å². The SMILES string of the molecule is O=C(Nc1ccc(N2CCCC3(CCN(C4CCC(O)CC4)C3=O)C2)c(C(F)(F)F)c1)C1CC1. The van der Waals surface area contributed by atoms with Crippen LogP contribution in [0.1, 0.15) is 63.4 Å². The molecule has 1 aromatic rings. The van der Waals surface area contributed by atoms with Crippen LogP contribution in [-0.4, -0.2) is 53.6 Å². The molecule has 1 aromatic carbocycles. The summed E-state index contributed by atoms with van der Waals surface area (Å²) < 4.78 is 42.1. The second-order valence-electron chi connectivity index (χ2n) is 10.5. The first-order valence-corrected chi connectivity index (χ1v) is 12.4. The van der Waals surface area contributed by atoms with Crippen molar-refractivity contribution >= 4 is 23.2 Å². The number of anilines is 2. The lowest BCUT2D eigenvalue weighted by molar-refractivity contribution is -0.139. The predicted octanol–water partition coefficient (Wildman–Crippen LogP) is 4.18. The lowest BCUT2D eigenvalue weighted by Gasteiger charge is -2.42. The predicted molar refractivity (Wildman–Crippen MR) is 121 cm³/mol. The number of hydrogen-bond acceptors (Lipinski definition) is 4. The van der Waals surface area contributed by atoms with Crippen molar-refractivity contribution in [2.45, 2.75) is 76.1 Å². The number of nitrogens with zero attached hydrogens (tertiary/aromatic N) is 2. The minimum Gasteiger partial charge on any atom is -0.393 e. The molecule has 2 aliphatic carbocycles. The maximum Gasteiger partial charge on any atom is 0.418 e. The Morgan fingerprint density at radius 2 is 1.79 bits per heavy atom. The first-order valence-electron chi connectivity index (χ1n) is 12.4. The summed E-state index contributed by atoms with van der Waals surface area (Å²) in [7, 11) is 0. The smallest absolute Gasteiger partial charge is 0.393 e. The van der Waals surface area contributed by atoms with E-state index in [4.69, 9.17) is 0 Å². The number of likely N-dealkylation sites (tertiary alicyclic amines) is 1. The molecule has 0 radical (unpaired) electrons. The first-order chi connectivity index (χ1) is 16.2. The van der Waals surface area contributed by atoms with Crippen LogP contribution in [-0.2, 0) is 15.8 Å². The average Bonchev–Trinajstić information content (AvgIpc) is 3.61. The molecule has 2 amide bonds. The Morgan fingerprint density at radius 1 is 1.06 bits per heavy atom. The van der Waals surface area contributed by atoms with Crippen LogP contribution in [0.25, 0.3) is 0 Å². The van der Waals surface area contributed by atoms with Gasteiger partial charge in [0, 0.05) is 43.0 Å². The van der Waals surface area contributed by atoms with Crippen molar-refractivity contribution in [1.29, 1.82) is 0 Å². The maximum absolute atomic E-state index is 14.0. The number of amides is 2. The maximum atomic E-state index is 14.0. The van der Waals surface area contributed by atoms with E-state index in [1.807, 2.05) is 4.90 Å². The fraction of sp³-hybridized carbons (Fsp3) is 0.680. The van der Waals surface area contributed by atoms with Gasteiger partial charge in [0.15, 0.2) is 0 Å². The summed E-state index contributed by atoms with van der Waals surface area (Å²) >= 11 is 0. The molecule has 1 unspecified atom stereocenters. The van der Waals surface area contributed by atoms with Gasteiger partial charge >= 0.3 is 6.18 Å². The number of nitrogens with one attached hydrogen (secondary N) is 1. The number of piperidine rings is 1. The highest BCUT2D eigenvalue weighted by molar-refractivity contribution is 5.94. The van der Waals surface area contributed by atoms with E-state index in [9.17, 15) is 27.9 Å². The molecule has 6 nitrogen and oxygen atoms in total. The number of aliphatic hydroxyl groups is 1. The monoisotopic (exact) mass is 479 g/mol. The zero-order chi connectivity index (χ0) is 24.1. The number of carbonyl (C=O) groups is 2. The van der Waals surface area contributed by atoms with Gasteiger partial charge < -0.3 is 20.2 Å². The first kappa shape index (κ1) is 23.5. The second kappa shape index (κ2) is 8.73. The molecule has 2 aliphatic heterocycles. The lowest BCUT2D eigenvalue weighted by Crippen LogP contribution is -2.50. The Kier molecular flexibility index (Phi) is 6.02. The van der Waals surface area contributed by atoms with Gasteiger partial charge in [-0.3, -0.25) is 9.59 Å². The van der Waals surface area contributed by atoms with Gasteiger partial charge in [-0.2, -0.15) is 13.2 Å². The van der Waals surface area contributed by atoms with Crippen molar-refractivity contribution < 1.29 is 27.9 Å². The van der Waals surface area contributed by atoms with Crippen LogP contribution in [0.15, 0.2) is 18.2 Å². The highest BCUT2D eigenvalue weighted by Crippen LogP contribution is 2.46. The molecule has 2 saturated carbocycles. The summed E-state index contributed by atoms with van der Waals surface area (Å²) in [5.74, 6) is -0.273. The van der Waals surface area contributed by atoms with Crippen molar-refractivity contribution in [1.82, 2.24) is 4.90 Å². The minimum absolute atomic E-state index is 0.0560. The molecule has 2 N–H and O–H groups in total. The third-order valence-corrected chi connectivity index (χ3v) is 8.09. The van der Waals surface area contributed by atoms with Crippen LogP contribution in [0.4, 0.5) is 24.5 Å². The fourth-order valence-corrected chi connectivity index (χ4v) is 5.99. The zero-order valence-electron chi connectivity index (χ0n) is 19.2. The van der Waals surface area contributed by atoms with E-state index < -0.39 is 17.2 Å². The van der Waals surface area contributed by atoms with Gasteiger partial charge in [0.2, 0.25) is 11.8 Å². The van der Waals surface area contributed by atoms with Gasteiger partial charge in [-0.05, 0) is 76.0 Å². The topological polar surface area (TPSA) is 72.9 Å². The molecule has 4 aliphatic rings. The largest absolute Gasteiger partial charge is 0.418 e. The summed E-state index contributed by atoms with van der Waals surface area (Å²) in [6.07, 6.45) is 1.59. The van der Waals surface area contributed by atoms with Crippen LogP contribution in [0.5, 0.6) is 0 Å². The van der Waals surface area contributed by atoms with Crippen molar-refractivity contribution in [3.8, 4) is 0 Å². The van der Waals surface area contributed by atoms with Crippen LogP contribution in [0.3, 0.4) is 0 Å². The Labute approximate surface area is 197 Å². The molecular formula is C25H32F3N3O3. The molecule has 1 atom stereocenters. The van der Waals surface area contributed by atoms with Crippen LogP contribution in [0, 0.1) is 11.3 Å². The molecule has 0 bridgehead atoms. The number of aliphatic hydroxyl groups excluding tert-OH is 1. The van der Waals surface area contributed by atoms with Crippen molar-refractivity contribution in [3.05, 3.63) is 23.8 Å². The lowest BCUT2D eigenvalue weighted by atomic mass is 9.78. The average molecular weight is 480 g/mol. The number of halogens is 3. The van der Waals surface area contributed by atoms with Gasteiger partial charge in [-0.15, -0.1) is 0 Å². The van der Waals surface area contributed by atoms with E-state index in [1.54, 1.807) is 4.90 Å². The molecular weight excluding hydrogens is 447 g/mol. The van der Waals surface area contributed by atoms with Gasteiger partial charge in [0.05, 0.1) is 17.1 Å². The van der Waals surface area contributed by atoms with Gasteiger partial charge in [-0.25, -0.2) is 0 Å². The highest BCUT2D eigenvalue weighted by Gasteiger charge is 2.51. The van der Waals surface area contributed by atoms with E-state index in [0.29, 0.717) is 45.2 Å². The van der Waals surface area contributed by atoms with Crippen LogP contribution in [0.2, 0.25) is 0 Å². The molecule has 9 heteroatoms. The summed E-state index contributed by atoms with van der Waals surface area (Å²) in [6.45, 7) is 1.36. The fourth-order valence-electron chi connectivity index (χ4n) is 5.99. The van der Waals surface area contributed by atoms with Crippen molar-refractivity contribution in [2.24, 2.45) is 11.3 Å². The summed E-state index contributed by atoms with van der Waals surface area (Å²) in [6, 6.07) is 4.10. The van der Waals surface area contributed by atoms with E-state index in [1.165, 1.54) is 12.1 Å². The van der Waals surface area contributed by atoms with E-state index >= 15 is 0 Å². The zero-order valence-corrected chi connectivity index (χ0v) is 19.2. The Morgan fingerprint density at radius 3 is 2.47 bits per heavy atom. The molecule has 0 aromatic heterocycles. The van der Waals surface area contributed by atoms with Crippen LogP contribution < -0.4 is 10.2 Å². The molecule has 34 heavy (non-hydrogen) atoms. The molecule has 2 heterocycles.